The monoisotopic (exact) mass is 383 g/mol. The summed E-state index contributed by atoms with van der Waals surface area (Å²) in [5, 5.41) is 0. The van der Waals surface area contributed by atoms with Crippen molar-refractivity contribution < 1.29 is 9.13 Å². The third-order valence-electron chi connectivity index (χ3n) is 6.22. The van der Waals surface area contributed by atoms with Crippen molar-refractivity contribution in [3.05, 3.63) is 41.8 Å². The predicted molar refractivity (Wildman–Crippen MR) is 111 cm³/mol. The molecule has 2 heterocycles. The summed E-state index contributed by atoms with van der Waals surface area (Å²) in [7, 11) is 2.13. The maximum Gasteiger partial charge on any atom is 0.214 e. The Hall–Kier alpha value is -2.14. The zero-order valence-electron chi connectivity index (χ0n) is 16.7. The summed E-state index contributed by atoms with van der Waals surface area (Å²) >= 11 is 0. The first kappa shape index (κ1) is 19.2. The predicted octanol–water partition coefficient (Wildman–Crippen LogP) is 4.99. The molecule has 28 heavy (non-hydrogen) atoms. The number of hydrogen-bond acceptors (Lipinski definition) is 4. The van der Waals surface area contributed by atoms with Crippen LogP contribution >= 0.6 is 0 Å². The van der Waals surface area contributed by atoms with Gasteiger partial charge in [0, 0.05) is 36.6 Å². The lowest BCUT2D eigenvalue weighted by atomic mass is 9.82. The minimum atomic E-state index is -0.223. The molecule has 0 unspecified atom stereocenters. The Bertz CT molecular complexity index is 811. The van der Waals surface area contributed by atoms with Crippen LogP contribution in [0.25, 0.3) is 11.1 Å². The zero-order chi connectivity index (χ0) is 19.5. The van der Waals surface area contributed by atoms with Crippen LogP contribution in [0.5, 0.6) is 5.88 Å². The Morgan fingerprint density at radius 2 is 1.82 bits per heavy atom. The first-order valence-electron chi connectivity index (χ1n) is 10.5. The number of anilines is 1. The van der Waals surface area contributed by atoms with Crippen molar-refractivity contribution >= 4 is 5.69 Å². The number of ether oxygens (including phenoxy) is 1. The number of nitrogens with zero attached hydrogens (tertiary/aromatic N) is 2. The Morgan fingerprint density at radius 3 is 2.57 bits per heavy atom. The lowest BCUT2D eigenvalue weighted by Crippen LogP contribution is -2.35. The molecule has 4 rings (SSSR count). The number of benzene rings is 1. The number of rotatable bonds is 4. The second-order valence-electron chi connectivity index (χ2n) is 8.29. The molecule has 4 nitrogen and oxygen atoms in total. The molecule has 0 amide bonds. The van der Waals surface area contributed by atoms with Crippen LogP contribution in [-0.2, 0) is 0 Å². The van der Waals surface area contributed by atoms with Crippen molar-refractivity contribution in [2.75, 3.05) is 25.9 Å². The van der Waals surface area contributed by atoms with Crippen molar-refractivity contribution in [2.24, 2.45) is 0 Å². The van der Waals surface area contributed by atoms with E-state index >= 15 is 0 Å². The van der Waals surface area contributed by atoms with E-state index in [2.05, 4.69) is 16.9 Å². The third-order valence-corrected chi connectivity index (χ3v) is 6.22. The highest BCUT2D eigenvalue weighted by Crippen LogP contribution is 2.40. The van der Waals surface area contributed by atoms with Crippen LogP contribution in [0.2, 0.25) is 0 Å². The number of aromatic nitrogens is 1. The fraction of sp³-hybridized carbons (Fsp3) is 0.522. The summed E-state index contributed by atoms with van der Waals surface area (Å²) < 4.78 is 20.6. The van der Waals surface area contributed by atoms with E-state index in [1.54, 1.807) is 12.3 Å². The Morgan fingerprint density at radius 1 is 1.07 bits per heavy atom. The van der Waals surface area contributed by atoms with Crippen molar-refractivity contribution in [3.63, 3.8) is 0 Å². The number of halogens is 1. The molecule has 0 bridgehead atoms. The fourth-order valence-electron chi connectivity index (χ4n) is 4.54. The van der Waals surface area contributed by atoms with Crippen LogP contribution in [0.1, 0.15) is 56.4 Å². The lowest BCUT2D eigenvalue weighted by Gasteiger charge is -2.29. The normalized spacial score (nSPS) is 19.6. The number of nitrogens with two attached hydrogens (primary N) is 1. The third kappa shape index (κ3) is 4.30. The highest BCUT2D eigenvalue weighted by Gasteiger charge is 2.22. The number of hydrogen-bond donors (Lipinski definition) is 1. The van der Waals surface area contributed by atoms with E-state index in [4.69, 9.17) is 10.5 Å². The van der Waals surface area contributed by atoms with E-state index in [1.165, 1.54) is 25.3 Å². The molecule has 1 aliphatic heterocycles. The van der Waals surface area contributed by atoms with E-state index in [1.807, 2.05) is 12.1 Å². The van der Waals surface area contributed by atoms with Gasteiger partial charge in [0.25, 0.3) is 0 Å². The minimum absolute atomic E-state index is 0.182. The molecule has 2 aliphatic rings. The lowest BCUT2D eigenvalue weighted by molar-refractivity contribution is 0.110. The number of piperidine rings is 1. The van der Waals surface area contributed by atoms with E-state index in [9.17, 15) is 4.39 Å². The van der Waals surface area contributed by atoms with E-state index in [-0.39, 0.29) is 11.9 Å². The zero-order valence-corrected chi connectivity index (χ0v) is 16.7. The van der Waals surface area contributed by atoms with Gasteiger partial charge in [0.2, 0.25) is 5.88 Å². The van der Waals surface area contributed by atoms with Gasteiger partial charge in [-0.05, 0) is 68.0 Å². The summed E-state index contributed by atoms with van der Waals surface area (Å²) in [6.45, 7) is 2.07. The van der Waals surface area contributed by atoms with Crippen molar-refractivity contribution in [1.82, 2.24) is 9.88 Å². The van der Waals surface area contributed by atoms with Crippen molar-refractivity contribution in [3.8, 4) is 17.0 Å². The molecule has 1 saturated carbocycles. The second kappa shape index (κ2) is 8.48. The van der Waals surface area contributed by atoms with E-state index in [0.717, 1.165) is 55.5 Å². The fourth-order valence-corrected chi connectivity index (χ4v) is 4.54. The van der Waals surface area contributed by atoms with Gasteiger partial charge in [0.1, 0.15) is 11.9 Å². The van der Waals surface area contributed by atoms with Crippen LogP contribution in [0.4, 0.5) is 10.1 Å². The molecule has 2 N–H and O–H groups in total. The molecular weight excluding hydrogens is 353 g/mol. The first-order valence-corrected chi connectivity index (χ1v) is 10.5. The second-order valence-corrected chi connectivity index (χ2v) is 8.29. The van der Waals surface area contributed by atoms with Crippen molar-refractivity contribution in [1.29, 1.82) is 0 Å². The van der Waals surface area contributed by atoms with Gasteiger partial charge in [-0.15, -0.1) is 0 Å². The SMILES string of the molecule is CN1CCC(Oc2cc(-c3cc(F)cc(C4CCCCC4)c3N)ccn2)CC1. The quantitative estimate of drug-likeness (QED) is 0.756. The Labute approximate surface area is 166 Å². The van der Waals surface area contributed by atoms with Gasteiger partial charge >= 0.3 is 0 Å². The number of nitrogen functional groups attached to an aromatic ring is 1. The average molecular weight is 384 g/mol. The molecule has 2 fully saturated rings. The van der Waals surface area contributed by atoms with Gasteiger partial charge in [-0.3, -0.25) is 0 Å². The minimum Gasteiger partial charge on any atom is -0.474 e. The van der Waals surface area contributed by atoms with Crippen LogP contribution in [-0.4, -0.2) is 36.1 Å². The van der Waals surface area contributed by atoms with Crippen LogP contribution in [0.15, 0.2) is 30.5 Å². The molecule has 1 aliphatic carbocycles. The topological polar surface area (TPSA) is 51.4 Å². The van der Waals surface area contributed by atoms with Gasteiger partial charge in [0.15, 0.2) is 0 Å². The largest absolute Gasteiger partial charge is 0.474 e. The number of likely N-dealkylation sites (tertiary alicyclic amines) is 1. The average Bonchev–Trinajstić information content (AvgIpc) is 2.72. The Balaban J connectivity index is 1.59. The molecular formula is C23H30FN3O. The molecule has 0 atom stereocenters. The molecule has 1 saturated heterocycles. The molecule has 1 aromatic heterocycles. The van der Waals surface area contributed by atoms with E-state index < -0.39 is 0 Å². The summed E-state index contributed by atoms with van der Waals surface area (Å²) in [5.74, 6) is 0.731. The molecule has 0 radical (unpaired) electrons. The first-order chi connectivity index (χ1) is 13.6. The highest BCUT2D eigenvalue weighted by atomic mass is 19.1. The van der Waals surface area contributed by atoms with Crippen molar-refractivity contribution in [2.45, 2.75) is 57.0 Å². The summed E-state index contributed by atoms with van der Waals surface area (Å²) in [6, 6.07) is 6.95. The van der Waals surface area contributed by atoms with Gasteiger partial charge in [-0.2, -0.15) is 0 Å². The van der Waals surface area contributed by atoms with Gasteiger partial charge in [-0.25, -0.2) is 9.37 Å². The summed E-state index contributed by atoms with van der Waals surface area (Å²) in [6.07, 6.45) is 9.74. The maximum atomic E-state index is 14.5. The van der Waals surface area contributed by atoms with Crippen LogP contribution in [0, 0.1) is 5.82 Å². The van der Waals surface area contributed by atoms with Gasteiger partial charge < -0.3 is 15.4 Å². The Kier molecular flexibility index (Phi) is 5.81. The highest BCUT2D eigenvalue weighted by molar-refractivity contribution is 5.79. The van der Waals surface area contributed by atoms with Gasteiger partial charge in [0.05, 0.1) is 0 Å². The smallest absolute Gasteiger partial charge is 0.214 e. The van der Waals surface area contributed by atoms with Crippen LogP contribution in [0.3, 0.4) is 0 Å². The molecule has 0 spiro atoms. The maximum absolute atomic E-state index is 14.5. The van der Waals surface area contributed by atoms with Gasteiger partial charge in [-0.1, -0.05) is 19.3 Å². The summed E-state index contributed by atoms with van der Waals surface area (Å²) in [5.41, 5.74) is 9.81. The standard InChI is InChI=1S/C23H30FN3O/c1-27-11-8-19(9-12-27)28-22-13-17(7-10-26-22)21-15-18(24)14-20(23(21)25)16-5-3-2-4-6-16/h7,10,13-16,19H,2-6,8-9,11-12,25H2,1H3. The molecule has 150 valence electrons. The molecule has 1 aromatic carbocycles. The molecule has 5 heteroatoms. The molecule has 2 aromatic rings. The number of pyridine rings is 1. The van der Waals surface area contributed by atoms with E-state index in [0.29, 0.717) is 17.5 Å². The summed E-state index contributed by atoms with van der Waals surface area (Å²) in [4.78, 5) is 6.68. The van der Waals surface area contributed by atoms with Crippen LogP contribution < -0.4 is 10.5 Å².